The second kappa shape index (κ2) is 6.84. The standard InChI is InChI=1S/C22H22O8/c1-22(2)17(25)8-12-20(30-22)11(7-16(27-3)21(12)28-4)13-9-29-15-6-10(23)5-14(24)18(15)19(13)26/h5-7,9,17,23-25H,8H2,1-4H3/t17-/m0/s1. The van der Waals surface area contributed by atoms with Gasteiger partial charge in [-0.1, -0.05) is 0 Å². The van der Waals surface area contributed by atoms with Crippen LogP contribution in [0.15, 0.2) is 33.7 Å². The smallest absolute Gasteiger partial charge is 0.204 e. The van der Waals surface area contributed by atoms with E-state index in [-0.39, 0.29) is 28.7 Å². The van der Waals surface area contributed by atoms with Gasteiger partial charge < -0.3 is 33.9 Å². The zero-order valence-electron chi connectivity index (χ0n) is 17.0. The zero-order valence-corrected chi connectivity index (χ0v) is 17.0. The van der Waals surface area contributed by atoms with E-state index in [1.807, 2.05) is 0 Å². The summed E-state index contributed by atoms with van der Waals surface area (Å²) in [6.45, 7) is 3.50. The Morgan fingerprint density at radius 2 is 1.83 bits per heavy atom. The summed E-state index contributed by atoms with van der Waals surface area (Å²) < 4.78 is 22.6. The van der Waals surface area contributed by atoms with Crippen LogP contribution in [0, 0.1) is 0 Å². The van der Waals surface area contributed by atoms with Gasteiger partial charge in [-0.15, -0.1) is 0 Å². The summed E-state index contributed by atoms with van der Waals surface area (Å²) in [6.07, 6.45) is 0.666. The molecule has 3 aromatic rings. The lowest BCUT2D eigenvalue weighted by molar-refractivity contribution is -0.0413. The quantitative estimate of drug-likeness (QED) is 0.599. The van der Waals surface area contributed by atoms with Crippen LogP contribution in [0.4, 0.5) is 0 Å². The van der Waals surface area contributed by atoms with Crippen molar-refractivity contribution in [3.63, 3.8) is 0 Å². The van der Waals surface area contributed by atoms with Gasteiger partial charge in [0.05, 0.1) is 25.9 Å². The Balaban J connectivity index is 2.06. The first kappa shape index (κ1) is 19.9. The van der Waals surface area contributed by atoms with E-state index >= 15 is 0 Å². The van der Waals surface area contributed by atoms with Crippen LogP contribution in [-0.4, -0.2) is 41.2 Å². The summed E-state index contributed by atoms with van der Waals surface area (Å²) in [6, 6.07) is 3.92. The number of aliphatic hydroxyl groups excluding tert-OH is 1. The van der Waals surface area contributed by atoms with Crippen LogP contribution in [0.5, 0.6) is 28.7 Å². The fourth-order valence-electron chi connectivity index (χ4n) is 3.73. The van der Waals surface area contributed by atoms with Gasteiger partial charge in [0.2, 0.25) is 5.43 Å². The first-order valence-corrected chi connectivity index (χ1v) is 9.30. The second-order valence-corrected chi connectivity index (χ2v) is 7.71. The summed E-state index contributed by atoms with van der Waals surface area (Å²) in [5.74, 6) is 0.512. The number of rotatable bonds is 3. The highest BCUT2D eigenvalue weighted by Gasteiger charge is 2.40. The highest BCUT2D eigenvalue weighted by molar-refractivity contribution is 5.89. The van der Waals surface area contributed by atoms with Crippen molar-refractivity contribution in [2.75, 3.05) is 14.2 Å². The first-order chi connectivity index (χ1) is 14.2. The molecule has 2 heterocycles. The van der Waals surface area contributed by atoms with E-state index in [9.17, 15) is 20.1 Å². The molecule has 2 aromatic carbocycles. The van der Waals surface area contributed by atoms with Crippen molar-refractivity contribution in [2.24, 2.45) is 0 Å². The third-order valence-electron chi connectivity index (χ3n) is 5.41. The van der Waals surface area contributed by atoms with Gasteiger partial charge in [0, 0.05) is 29.7 Å². The molecule has 4 rings (SSSR count). The molecule has 1 aliphatic heterocycles. The maximum absolute atomic E-state index is 13.2. The molecular weight excluding hydrogens is 392 g/mol. The lowest BCUT2D eigenvalue weighted by atomic mass is 9.88. The van der Waals surface area contributed by atoms with Crippen molar-refractivity contribution >= 4 is 11.0 Å². The molecule has 158 valence electrons. The Morgan fingerprint density at radius 1 is 1.10 bits per heavy atom. The number of phenols is 2. The Labute approximate surface area is 171 Å². The normalized spacial score (nSPS) is 17.3. The van der Waals surface area contributed by atoms with E-state index < -0.39 is 22.9 Å². The van der Waals surface area contributed by atoms with Crippen molar-refractivity contribution < 1.29 is 33.9 Å². The molecule has 0 saturated carbocycles. The lowest BCUT2D eigenvalue weighted by Gasteiger charge is -2.38. The minimum Gasteiger partial charge on any atom is -0.508 e. The predicted octanol–water partition coefficient (Wildman–Crippen LogP) is 2.96. The van der Waals surface area contributed by atoms with Crippen LogP contribution in [0.25, 0.3) is 22.1 Å². The molecule has 8 heteroatoms. The summed E-state index contributed by atoms with van der Waals surface area (Å²) in [5.41, 5.74) is -0.290. The topological polar surface area (TPSA) is 119 Å². The number of methoxy groups -OCH3 is 2. The molecule has 0 radical (unpaired) electrons. The van der Waals surface area contributed by atoms with Crippen LogP contribution in [0.2, 0.25) is 0 Å². The van der Waals surface area contributed by atoms with Crippen LogP contribution in [-0.2, 0) is 6.42 Å². The minimum atomic E-state index is -0.910. The summed E-state index contributed by atoms with van der Waals surface area (Å²) in [5, 5.41) is 30.3. The monoisotopic (exact) mass is 414 g/mol. The number of fused-ring (bicyclic) bond motifs is 2. The average Bonchev–Trinajstić information content (AvgIpc) is 2.67. The molecule has 1 atom stereocenters. The Bertz CT molecular complexity index is 1210. The van der Waals surface area contributed by atoms with E-state index in [4.69, 9.17) is 18.6 Å². The molecule has 0 unspecified atom stereocenters. The molecule has 0 bridgehead atoms. The Hall–Kier alpha value is -3.39. The molecule has 8 nitrogen and oxygen atoms in total. The van der Waals surface area contributed by atoms with Gasteiger partial charge in [-0.25, -0.2) is 0 Å². The van der Waals surface area contributed by atoms with Crippen molar-refractivity contribution in [2.45, 2.75) is 32.0 Å². The Morgan fingerprint density at radius 3 is 2.50 bits per heavy atom. The van der Waals surface area contributed by atoms with Crippen LogP contribution in [0.1, 0.15) is 19.4 Å². The van der Waals surface area contributed by atoms with Crippen LogP contribution in [0.3, 0.4) is 0 Å². The van der Waals surface area contributed by atoms with Gasteiger partial charge in [0.1, 0.15) is 40.1 Å². The maximum Gasteiger partial charge on any atom is 0.204 e. The number of hydrogen-bond acceptors (Lipinski definition) is 8. The van der Waals surface area contributed by atoms with E-state index in [0.717, 1.165) is 6.07 Å². The van der Waals surface area contributed by atoms with Gasteiger partial charge in [0.25, 0.3) is 0 Å². The van der Waals surface area contributed by atoms with Gasteiger partial charge in [-0.3, -0.25) is 4.79 Å². The molecular formula is C22H22O8. The summed E-state index contributed by atoms with van der Waals surface area (Å²) in [7, 11) is 2.95. The summed E-state index contributed by atoms with van der Waals surface area (Å²) >= 11 is 0. The largest absolute Gasteiger partial charge is 0.508 e. The van der Waals surface area contributed by atoms with E-state index in [2.05, 4.69) is 0 Å². The number of aliphatic hydroxyl groups is 1. The molecule has 0 saturated heterocycles. The second-order valence-electron chi connectivity index (χ2n) is 7.71. The van der Waals surface area contributed by atoms with Crippen molar-refractivity contribution in [3.05, 3.63) is 40.2 Å². The number of benzene rings is 2. The number of ether oxygens (including phenoxy) is 3. The van der Waals surface area contributed by atoms with Crippen LogP contribution >= 0.6 is 0 Å². The molecule has 1 aromatic heterocycles. The molecule has 3 N–H and O–H groups in total. The Kier molecular flexibility index (Phi) is 4.54. The lowest BCUT2D eigenvalue weighted by Crippen LogP contribution is -2.46. The van der Waals surface area contributed by atoms with Crippen molar-refractivity contribution in [3.8, 4) is 39.9 Å². The number of aromatic hydroxyl groups is 2. The molecule has 30 heavy (non-hydrogen) atoms. The van der Waals surface area contributed by atoms with Gasteiger partial charge in [-0.2, -0.15) is 0 Å². The third kappa shape index (κ3) is 2.91. The molecule has 1 aliphatic rings. The number of hydrogen-bond donors (Lipinski definition) is 3. The van der Waals surface area contributed by atoms with Gasteiger partial charge >= 0.3 is 0 Å². The molecule has 0 spiro atoms. The SMILES string of the molecule is COc1cc(-c2coc3cc(O)cc(O)c3c2=O)c2c(c1OC)C[C@H](O)C(C)(C)O2. The summed E-state index contributed by atoms with van der Waals surface area (Å²) in [4.78, 5) is 13.2. The highest BCUT2D eigenvalue weighted by Crippen LogP contribution is 2.49. The highest BCUT2D eigenvalue weighted by atomic mass is 16.5. The fraction of sp³-hybridized carbons (Fsp3) is 0.318. The molecule has 0 fully saturated rings. The average molecular weight is 414 g/mol. The van der Waals surface area contributed by atoms with E-state index in [1.165, 1.54) is 26.5 Å². The van der Waals surface area contributed by atoms with Crippen molar-refractivity contribution in [1.82, 2.24) is 0 Å². The predicted molar refractivity (Wildman–Crippen MR) is 109 cm³/mol. The third-order valence-corrected chi connectivity index (χ3v) is 5.41. The minimum absolute atomic E-state index is 0.0484. The maximum atomic E-state index is 13.2. The van der Waals surface area contributed by atoms with Gasteiger partial charge in [0.15, 0.2) is 11.5 Å². The molecule has 0 aliphatic carbocycles. The van der Waals surface area contributed by atoms with E-state index in [0.29, 0.717) is 28.4 Å². The van der Waals surface area contributed by atoms with Crippen molar-refractivity contribution in [1.29, 1.82) is 0 Å². The van der Waals surface area contributed by atoms with E-state index in [1.54, 1.807) is 19.9 Å². The number of phenolic OH excluding ortho intramolecular Hbond substituents is 2. The zero-order chi connectivity index (χ0) is 21.8. The fourth-order valence-corrected chi connectivity index (χ4v) is 3.73. The first-order valence-electron chi connectivity index (χ1n) is 9.30. The van der Waals surface area contributed by atoms with Gasteiger partial charge in [-0.05, 0) is 19.9 Å². The molecule has 0 amide bonds. The van der Waals surface area contributed by atoms with Crippen LogP contribution < -0.4 is 19.6 Å².